The number of carbonyl (C=O) groups excluding carboxylic acids is 2. The highest BCUT2D eigenvalue weighted by atomic mass is 32.2. The summed E-state index contributed by atoms with van der Waals surface area (Å²) in [6, 6.07) is 12.9. The molecule has 27 heavy (non-hydrogen) atoms. The Morgan fingerprint density at radius 3 is 2.26 bits per heavy atom. The van der Waals surface area contributed by atoms with Crippen LogP contribution in [0.1, 0.15) is 31.8 Å². The van der Waals surface area contributed by atoms with Crippen LogP contribution in [0.4, 0.5) is 5.69 Å². The van der Waals surface area contributed by atoms with Gasteiger partial charge in [-0.2, -0.15) is 0 Å². The maximum atomic E-state index is 13.0. The van der Waals surface area contributed by atoms with Crippen LogP contribution >= 0.6 is 0 Å². The summed E-state index contributed by atoms with van der Waals surface area (Å²) in [7, 11) is -3.92. The predicted molar refractivity (Wildman–Crippen MR) is 102 cm³/mol. The molecule has 0 spiro atoms. The lowest BCUT2D eigenvalue weighted by Crippen LogP contribution is -2.34. The van der Waals surface area contributed by atoms with Crippen molar-refractivity contribution in [2.45, 2.75) is 18.7 Å². The van der Waals surface area contributed by atoms with Gasteiger partial charge in [-0.05, 0) is 55.3 Å². The van der Waals surface area contributed by atoms with E-state index in [1.54, 1.807) is 30.3 Å². The highest BCUT2D eigenvalue weighted by molar-refractivity contribution is 7.93. The van der Waals surface area contributed by atoms with Crippen LogP contribution in [0.3, 0.4) is 0 Å². The van der Waals surface area contributed by atoms with Gasteiger partial charge in [0.2, 0.25) is 0 Å². The number of anilines is 1. The van der Waals surface area contributed by atoms with Crippen molar-refractivity contribution in [3.05, 3.63) is 70.8 Å². The van der Waals surface area contributed by atoms with Crippen molar-refractivity contribution in [1.82, 2.24) is 5.32 Å². The molecule has 7 heteroatoms. The molecule has 2 amide bonds. The number of carbonyl (C=O) groups is 2. The van der Waals surface area contributed by atoms with Gasteiger partial charge in [0.1, 0.15) is 0 Å². The quantitative estimate of drug-likeness (QED) is 0.683. The first-order chi connectivity index (χ1) is 12.8. The Labute approximate surface area is 156 Å². The van der Waals surface area contributed by atoms with E-state index in [9.17, 15) is 18.0 Å². The molecule has 0 saturated carbocycles. The van der Waals surface area contributed by atoms with E-state index in [-0.39, 0.29) is 16.0 Å². The largest absolute Gasteiger partial charge is 0.288 e. The zero-order valence-electron chi connectivity index (χ0n) is 14.7. The first kappa shape index (κ1) is 17.2. The first-order valence-electron chi connectivity index (χ1n) is 8.29. The lowest BCUT2D eigenvalue weighted by molar-refractivity contribution is 0.0845. The molecule has 0 bridgehead atoms. The molecule has 136 valence electrons. The molecule has 0 fully saturated rings. The molecule has 2 N–H and O–H groups in total. The summed E-state index contributed by atoms with van der Waals surface area (Å²) in [5, 5.41) is 2.96. The van der Waals surface area contributed by atoms with Gasteiger partial charge in [0.05, 0.1) is 4.90 Å². The van der Waals surface area contributed by atoms with Crippen molar-refractivity contribution < 1.29 is 18.0 Å². The number of nitrogens with one attached hydrogen (secondary N) is 2. The minimum absolute atomic E-state index is 0.0174. The molecular weight excluding hydrogens is 364 g/mol. The zero-order chi connectivity index (χ0) is 19.3. The Kier molecular flexibility index (Phi) is 3.78. The van der Waals surface area contributed by atoms with Gasteiger partial charge in [-0.15, -0.1) is 0 Å². The third-order valence-electron chi connectivity index (χ3n) is 4.77. The average molecular weight is 380 g/mol. The minimum Gasteiger partial charge on any atom is -0.288 e. The normalized spacial score (nSPS) is 13.6. The fraction of sp³-hybridized carbons (Fsp3) is 0.100. The lowest BCUT2D eigenvalue weighted by atomic mass is 9.95. The maximum Gasteiger partial charge on any atom is 0.262 e. The average Bonchev–Trinajstić information content (AvgIpc) is 2.62. The number of benzene rings is 3. The second-order valence-electron chi connectivity index (χ2n) is 6.53. The standard InChI is InChI=1S/C20H16N2O4S/c1-11-6-7-13(10-12(11)2)22-27(25,26)17-9-8-16-18-14(17)4-3-5-15(18)19(23)21-20(16)24/h3-10,22H,1-2H3,(H,21,23,24). The van der Waals surface area contributed by atoms with Crippen LogP contribution < -0.4 is 10.0 Å². The van der Waals surface area contributed by atoms with Crippen molar-refractivity contribution in [3.8, 4) is 0 Å². The van der Waals surface area contributed by atoms with Crippen LogP contribution in [0.15, 0.2) is 53.4 Å². The summed E-state index contributed by atoms with van der Waals surface area (Å²) in [5.41, 5.74) is 3.04. The number of rotatable bonds is 3. The number of imide groups is 1. The smallest absolute Gasteiger partial charge is 0.262 e. The van der Waals surface area contributed by atoms with Gasteiger partial charge in [-0.3, -0.25) is 19.6 Å². The zero-order valence-corrected chi connectivity index (χ0v) is 15.5. The Hall–Kier alpha value is -3.19. The Bertz CT molecular complexity index is 1230. The molecule has 1 heterocycles. The summed E-state index contributed by atoms with van der Waals surface area (Å²) >= 11 is 0. The number of hydrogen-bond acceptors (Lipinski definition) is 4. The number of aryl methyl sites for hydroxylation is 2. The van der Waals surface area contributed by atoms with E-state index in [1.807, 2.05) is 19.9 Å². The molecule has 1 aliphatic heterocycles. The molecule has 0 radical (unpaired) electrons. The molecule has 4 rings (SSSR count). The van der Waals surface area contributed by atoms with Gasteiger partial charge >= 0.3 is 0 Å². The third-order valence-corrected chi connectivity index (χ3v) is 6.21. The van der Waals surface area contributed by atoms with E-state index in [0.717, 1.165) is 11.1 Å². The van der Waals surface area contributed by atoms with Gasteiger partial charge in [-0.1, -0.05) is 18.2 Å². The molecule has 0 atom stereocenters. The fourth-order valence-electron chi connectivity index (χ4n) is 3.25. The summed E-state index contributed by atoms with van der Waals surface area (Å²) in [4.78, 5) is 24.2. The third kappa shape index (κ3) is 2.76. The van der Waals surface area contributed by atoms with Gasteiger partial charge in [0.25, 0.3) is 21.8 Å². The molecule has 0 aromatic heterocycles. The molecule has 0 unspecified atom stereocenters. The van der Waals surface area contributed by atoms with E-state index in [1.165, 1.54) is 12.1 Å². The second kappa shape index (κ2) is 5.92. The predicted octanol–water partition coefficient (Wildman–Crippen LogP) is 3.14. The highest BCUT2D eigenvalue weighted by Crippen LogP contribution is 2.32. The topological polar surface area (TPSA) is 92.3 Å². The van der Waals surface area contributed by atoms with E-state index in [0.29, 0.717) is 16.5 Å². The van der Waals surface area contributed by atoms with Crippen LogP contribution in [-0.2, 0) is 10.0 Å². The number of hydrogen-bond donors (Lipinski definition) is 2. The molecule has 3 aromatic carbocycles. The Morgan fingerprint density at radius 1 is 0.852 bits per heavy atom. The molecule has 6 nitrogen and oxygen atoms in total. The fourth-order valence-corrected chi connectivity index (χ4v) is 4.50. The van der Waals surface area contributed by atoms with E-state index >= 15 is 0 Å². The Balaban J connectivity index is 1.89. The van der Waals surface area contributed by atoms with Crippen molar-refractivity contribution in [1.29, 1.82) is 0 Å². The first-order valence-corrected chi connectivity index (χ1v) is 9.78. The SMILES string of the molecule is Cc1ccc(NS(=O)(=O)c2ccc3c4c(cccc24)C(=O)NC3=O)cc1C. The number of sulfonamides is 1. The molecule has 3 aromatic rings. The maximum absolute atomic E-state index is 13.0. The molecule has 1 aliphatic rings. The minimum atomic E-state index is -3.92. The molecule has 0 saturated heterocycles. The van der Waals surface area contributed by atoms with Gasteiger partial charge < -0.3 is 0 Å². The summed E-state index contributed by atoms with van der Waals surface area (Å²) in [5.74, 6) is -1.07. The van der Waals surface area contributed by atoms with Crippen LogP contribution in [0.2, 0.25) is 0 Å². The van der Waals surface area contributed by atoms with Crippen LogP contribution in [0.5, 0.6) is 0 Å². The second-order valence-corrected chi connectivity index (χ2v) is 8.18. The van der Waals surface area contributed by atoms with Crippen molar-refractivity contribution >= 4 is 38.3 Å². The highest BCUT2D eigenvalue weighted by Gasteiger charge is 2.28. The van der Waals surface area contributed by atoms with E-state index in [2.05, 4.69) is 10.0 Å². The van der Waals surface area contributed by atoms with Crippen LogP contribution in [0.25, 0.3) is 10.8 Å². The van der Waals surface area contributed by atoms with Crippen LogP contribution in [0, 0.1) is 13.8 Å². The van der Waals surface area contributed by atoms with E-state index in [4.69, 9.17) is 0 Å². The monoisotopic (exact) mass is 380 g/mol. The van der Waals surface area contributed by atoms with Crippen LogP contribution in [-0.4, -0.2) is 20.2 Å². The van der Waals surface area contributed by atoms with Gasteiger partial charge in [0, 0.05) is 27.6 Å². The molecule has 0 aliphatic carbocycles. The van der Waals surface area contributed by atoms with E-state index < -0.39 is 21.8 Å². The van der Waals surface area contributed by atoms with Gasteiger partial charge in [-0.25, -0.2) is 8.42 Å². The van der Waals surface area contributed by atoms with Crippen molar-refractivity contribution in [3.63, 3.8) is 0 Å². The summed E-state index contributed by atoms with van der Waals surface area (Å²) < 4.78 is 28.6. The summed E-state index contributed by atoms with van der Waals surface area (Å²) in [6.07, 6.45) is 0. The molecular formula is C20H16N2O4S. The van der Waals surface area contributed by atoms with Crippen molar-refractivity contribution in [2.24, 2.45) is 0 Å². The Morgan fingerprint density at radius 2 is 1.56 bits per heavy atom. The van der Waals surface area contributed by atoms with Gasteiger partial charge in [0.15, 0.2) is 0 Å². The lowest BCUT2D eigenvalue weighted by Gasteiger charge is -2.19. The number of amides is 2. The summed E-state index contributed by atoms with van der Waals surface area (Å²) in [6.45, 7) is 3.85. The van der Waals surface area contributed by atoms with Crippen molar-refractivity contribution in [2.75, 3.05) is 4.72 Å².